The van der Waals surface area contributed by atoms with Crippen LogP contribution < -0.4 is 5.32 Å². The zero-order valence-electron chi connectivity index (χ0n) is 12.1. The first-order valence-corrected chi connectivity index (χ1v) is 7.24. The fourth-order valence-corrected chi connectivity index (χ4v) is 2.64. The van der Waals surface area contributed by atoms with Gasteiger partial charge in [-0.2, -0.15) is 0 Å². The van der Waals surface area contributed by atoms with E-state index in [0.717, 1.165) is 0 Å². The van der Waals surface area contributed by atoms with Crippen molar-refractivity contribution in [1.29, 1.82) is 0 Å². The van der Waals surface area contributed by atoms with Crippen LogP contribution in [0.3, 0.4) is 0 Å². The molecule has 6 heteroatoms. The lowest BCUT2D eigenvalue weighted by Gasteiger charge is -2.23. The predicted molar refractivity (Wildman–Crippen MR) is 81.2 cm³/mol. The molecule has 1 aromatic carbocycles. The minimum Gasteiger partial charge on any atom is -0.383 e. The maximum atomic E-state index is 12.3. The van der Waals surface area contributed by atoms with Crippen LogP contribution in [0.5, 0.6) is 0 Å². The lowest BCUT2D eigenvalue weighted by Crippen LogP contribution is -2.38. The molecule has 2 amide bonds. The number of hydrogen-bond donors (Lipinski definition) is 1. The average Bonchev–Trinajstić information content (AvgIpc) is 2.84. The van der Waals surface area contributed by atoms with E-state index in [1.807, 2.05) is 6.92 Å². The number of para-hydroxylation sites is 1. The third-order valence-electron chi connectivity index (χ3n) is 3.60. The molecule has 1 aliphatic rings. The second-order valence-corrected chi connectivity index (χ2v) is 5.63. The lowest BCUT2D eigenvalue weighted by atomic mass is 10.1. The Bertz CT molecular complexity index is 535. The minimum absolute atomic E-state index is 0.0149. The summed E-state index contributed by atoms with van der Waals surface area (Å²) in [5.74, 6) is -0.546. The summed E-state index contributed by atoms with van der Waals surface area (Å²) in [5, 5.41) is 3.27. The number of anilines is 1. The number of likely N-dealkylation sites (tertiary alicyclic amines) is 1. The van der Waals surface area contributed by atoms with Gasteiger partial charge in [0.1, 0.15) is 0 Å². The fraction of sp³-hybridized carbons (Fsp3) is 0.467. The second-order valence-electron chi connectivity index (χ2n) is 5.22. The number of benzene rings is 1. The molecule has 0 bridgehead atoms. The Morgan fingerprint density at radius 3 is 2.90 bits per heavy atom. The van der Waals surface area contributed by atoms with E-state index in [4.69, 9.17) is 16.3 Å². The van der Waals surface area contributed by atoms with E-state index in [1.165, 1.54) is 0 Å². The van der Waals surface area contributed by atoms with Gasteiger partial charge >= 0.3 is 0 Å². The van der Waals surface area contributed by atoms with E-state index in [2.05, 4.69) is 5.32 Å². The molecule has 1 fully saturated rings. The van der Waals surface area contributed by atoms with Gasteiger partial charge in [-0.3, -0.25) is 9.59 Å². The average molecular weight is 311 g/mol. The topological polar surface area (TPSA) is 58.6 Å². The zero-order valence-corrected chi connectivity index (χ0v) is 12.9. The van der Waals surface area contributed by atoms with Gasteiger partial charge in [0.2, 0.25) is 11.8 Å². The van der Waals surface area contributed by atoms with Crippen molar-refractivity contribution in [3.63, 3.8) is 0 Å². The normalized spacial score (nSPS) is 19.7. The van der Waals surface area contributed by atoms with Crippen LogP contribution in [-0.4, -0.2) is 43.0 Å². The van der Waals surface area contributed by atoms with E-state index in [-0.39, 0.29) is 30.2 Å². The number of carbonyl (C=O) groups is 2. The highest BCUT2D eigenvalue weighted by molar-refractivity contribution is 6.33. The van der Waals surface area contributed by atoms with Crippen LogP contribution in [0.1, 0.15) is 13.3 Å². The molecule has 1 aromatic rings. The molecule has 0 aliphatic carbocycles. The molecular weight excluding hydrogens is 292 g/mol. The second kappa shape index (κ2) is 6.91. The van der Waals surface area contributed by atoms with Gasteiger partial charge in [0.15, 0.2) is 0 Å². The molecule has 0 aromatic heterocycles. The summed E-state index contributed by atoms with van der Waals surface area (Å²) in [6.07, 6.45) is 0.227. The monoisotopic (exact) mass is 310 g/mol. The third kappa shape index (κ3) is 3.74. The molecule has 1 heterocycles. The number of amides is 2. The van der Waals surface area contributed by atoms with Crippen molar-refractivity contribution in [2.75, 3.05) is 25.6 Å². The summed E-state index contributed by atoms with van der Waals surface area (Å²) in [5.41, 5.74) is 0.569. The number of methoxy groups -OCH3 is 1. The molecule has 0 unspecified atom stereocenters. The van der Waals surface area contributed by atoms with Gasteiger partial charge in [0.05, 0.1) is 29.3 Å². The maximum absolute atomic E-state index is 12.3. The van der Waals surface area contributed by atoms with Gasteiger partial charge < -0.3 is 15.0 Å². The molecule has 21 heavy (non-hydrogen) atoms. The summed E-state index contributed by atoms with van der Waals surface area (Å²) < 4.78 is 5.06. The van der Waals surface area contributed by atoms with Crippen LogP contribution in [0.25, 0.3) is 0 Å². The third-order valence-corrected chi connectivity index (χ3v) is 3.93. The Kier molecular flexibility index (Phi) is 5.20. The summed E-state index contributed by atoms with van der Waals surface area (Å²) in [6.45, 7) is 2.79. The molecule has 0 saturated carbocycles. The first kappa shape index (κ1) is 15.8. The molecule has 5 nitrogen and oxygen atoms in total. The predicted octanol–water partition coefficient (Wildman–Crippen LogP) is 2.16. The SMILES string of the molecule is COC[C@@H](C)N1C[C@H](C(=O)Nc2ccccc2Cl)CC1=O. The Morgan fingerprint density at radius 1 is 1.52 bits per heavy atom. The van der Waals surface area contributed by atoms with Crippen molar-refractivity contribution in [3.8, 4) is 0 Å². The first-order valence-electron chi connectivity index (χ1n) is 6.86. The maximum Gasteiger partial charge on any atom is 0.229 e. The number of ether oxygens (including phenoxy) is 1. The Morgan fingerprint density at radius 2 is 2.24 bits per heavy atom. The van der Waals surface area contributed by atoms with Gasteiger partial charge in [0, 0.05) is 20.1 Å². The quantitative estimate of drug-likeness (QED) is 0.906. The Hall–Kier alpha value is -1.59. The molecule has 1 saturated heterocycles. The van der Waals surface area contributed by atoms with Gasteiger partial charge in [-0.25, -0.2) is 0 Å². The summed E-state index contributed by atoms with van der Waals surface area (Å²) in [4.78, 5) is 25.9. The van der Waals surface area contributed by atoms with Crippen LogP contribution in [0.2, 0.25) is 5.02 Å². The van der Waals surface area contributed by atoms with Crippen LogP contribution in [0.4, 0.5) is 5.69 Å². The highest BCUT2D eigenvalue weighted by atomic mass is 35.5. The van der Waals surface area contributed by atoms with Gasteiger partial charge in [-0.15, -0.1) is 0 Å². The molecule has 114 valence electrons. The number of nitrogens with one attached hydrogen (secondary N) is 1. The Balaban J connectivity index is 1.99. The van der Waals surface area contributed by atoms with Crippen molar-refractivity contribution in [2.45, 2.75) is 19.4 Å². The first-order chi connectivity index (χ1) is 10.0. The summed E-state index contributed by atoms with van der Waals surface area (Å²) in [7, 11) is 1.60. The standard InChI is InChI=1S/C15H19ClN2O3/c1-10(9-21-2)18-8-11(7-14(18)19)15(20)17-13-6-4-3-5-12(13)16/h3-6,10-11H,7-9H2,1-2H3,(H,17,20)/t10-,11-/m1/s1. The fourth-order valence-electron chi connectivity index (χ4n) is 2.46. The van der Waals surface area contributed by atoms with Gasteiger partial charge in [0.25, 0.3) is 0 Å². The van der Waals surface area contributed by atoms with Crippen molar-refractivity contribution in [1.82, 2.24) is 4.90 Å². The molecule has 2 rings (SSSR count). The smallest absolute Gasteiger partial charge is 0.229 e. The zero-order chi connectivity index (χ0) is 15.4. The largest absolute Gasteiger partial charge is 0.383 e. The van der Waals surface area contributed by atoms with E-state index < -0.39 is 0 Å². The number of nitrogens with zero attached hydrogens (tertiary/aromatic N) is 1. The number of carbonyl (C=O) groups excluding carboxylic acids is 2. The van der Waals surface area contributed by atoms with E-state index in [0.29, 0.717) is 23.9 Å². The molecule has 1 aliphatic heterocycles. The molecule has 0 spiro atoms. The van der Waals surface area contributed by atoms with E-state index in [9.17, 15) is 9.59 Å². The van der Waals surface area contributed by atoms with Gasteiger partial charge in [-0.1, -0.05) is 23.7 Å². The van der Waals surface area contributed by atoms with Crippen molar-refractivity contribution >= 4 is 29.1 Å². The van der Waals surface area contributed by atoms with Crippen molar-refractivity contribution < 1.29 is 14.3 Å². The van der Waals surface area contributed by atoms with Crippen molar-refractivity contribution in [2.24, 2.45) is 5.92 Å². The van der Waals surface area contributed by atoms with Gasteiger partial charge in [-0.05, 0) is 19.1 Å². The number of rotatable bonds is 5. The van der Waals surface area contributed by atoms with E-state index in [1.54, 1.807) is 36.3 Å². The van der Waals surface area contributed by atoms with Crippen molar-refractivity contribution in [3.05, 3.63) is 29.3 Å². The molecule has 0 radical (unpaired) electrons. The van der Waals surface area contributed by atoms with E-state index >= 15 is 0 Å². The number of halogens is 1. The molecular formula is C15H19ClN2O3. The minimum atomic E-state index is -0.354. The molecule has 2 atom stereocenters. The van der Waals surface area contributed by atoms with Crippen LogP contribution >= 0.6 is 11.6 Å². The van der Waals surface area contributed by atoms with Crippen LogP contribution in [-0.2, 0) is 14.3 Å². The summed E-state index contributed by atoms with van der Waals surface area (Å²) >= 11 is 6.02. The Labute approximate surface area is 129 Å². The highest BCUT2D eigenvalue weighted by Crippen LogP contribution is 2.25. The molecule has 1 N–H and O–H groups in total. The van der Waals surface area contributed by atoms with Crippen LogP contribution in [0.15, 0.2) is 24.3 Å². The lowest BCUT2D eigenvalue weighted by molar-refractivity contribution is -0.130. The van der Waals surface area contributed by atoms with Crippen LogP contribution in [0, 0.1) is 5.92 Å². The highest BCUT2D eigenvalue weighted by Gasteiger charge is 2.36. The summed E-state index contributed by atoms with van der Waals surface area (Å²) in [6, 6.07) is 7.02. The number of hydrogen-bond acceptors (Lipinski definition) is 3.